The first-order valence-corrected chi connectivity index (χ1v) is 5.75. The molecular weight excluding hydrogens is 277 g/mol. The maximum atomic E-state index is 13.6. The number of benzene rings is 2. The standard InChI is InChI=1S/C14H10F5N/c1-7(9-3-2-4-10(16)13(9)19)20-14-11(17)5-8(15)6-12(14)18/h2-7,20H,1H3. The van der Waals surface area contributed by atoms with Crippen molar-refractivity contribution in [1.82, 2.24) is 0 Å². The molecule has 0 saturated heterocycles. The summed E-state index contributed by atoms with van der Waals surface area (Å²) in [5, 5.41) is 2.37. The molecule has 2 rings (SSSR count). The summed E-state index contributed by atoms with van der Waals surface area (Å²) in [6.07, 6.45) is 0. The summed E-state index contributed by atoms with van der Waals surface area (Å²) in [6, 6.07) is 3.60. The molecule has 0 aliphatic rings. The molecule has 0 saturated carbocycles. The van der Waals surface area contributed by atoms with Gasteiger partial charge in [-0.1, -0.05) is 12.1 Å². The Morgan fingerprint density at radius 1 is 0.900 bits per heavy atom. The van der Waals surface area contributed by atoms with E-state index in [9.17, 15) is 22.0 Å². The van der Waals surface area contributed by atoms with Crippen molar-refractivity contribution in [3.63, 3.8) is 0 Å². The lowest BCUT2D eigenvalue weighted by Crippen LogP contribution is -2.12. The van der Waals surface area contributed by atoms with Gasteiger partial charge in [0.15, 0.2) is 23.3 Å². The normalized spacial score (nSPS) is 12.3. The fourth-order valence-electron chi connectivity index (χ4n) is 1.83. The summed E-state index contributed by atoms with van der Waals surface area (Å²) in [5.74, 6) is -5.51. The molecule has 1 nitrogen and oxygen atoms in total. The fourth-order valence-corrected chi connectivity index (χ4v) is 1.83. The third kappa shape index (κ3) is 2.74. The van der Waals surface area contributed by atoms with Crippen LogP contribution in [0.2, 0.25) is 0 Å². The minimum atomic E-state index is -1.15. The topological polar surface area (TPSA) is 12.0 Å². The van der Waals surface area contributed by atoms with E-state index in [2.05, 4.69) is 5.32 Å². The number of nitrogens with one attached hydrogen (secondary N) is 1. The average molecular weight is 287 g/mol. The highest BCUT2D eigenvalue weighted by atomic mass is 19.2. The third-order valence-electron chi connectivity index (χ3n) is 2.82. The number of hydrogen-bond acceptors (Lipinski definition) is 1. The van der Waals surface area contributed by atoms with Gasteiger partial charge < -0.3 is 5.32 Å². The predicted molar refractivity (Wildman–Crippen MR) is 64.7 cm³/mol. The minimum Gasteiger partial charge on any atom is -0.374 e. The van der Waals surface area contributed by atoms with Gasteiger partial charge in [-0.05, 0) is 13.0 Å². The van der Waals surface area contributed by atoms with Crippen LogP contribution >= 0.6 is 0 Å². The fraction of sp³-hybridized carbons (Fsp3) is 0.143. The molecule has 0 aromatic heterocycles. The van der Waals surface area contributed by atoms with Crippen molar-refractivity contribution in [3.8, 4) is 0 Å². The molecule has 20 heavy (non-hydrogen) atoms. The Hall–Kier alpha value is -2.11. The summed E-state index contributed by atoms with van der Waals surface area (Å²) >= 11 is 0. The quantitative estimate of drug-likeness (QED) is 0.816. The highest BCUT2D eigenvalue weighted by Gasteiger charge is 2.18. The van der Waals surface area contributed by atoms with Gasteiger partial charge in [0.25, 0.3) is 0 Å². The molecule has 106 valence electrons. The Morgan fingerprint density at radius 2 is 1.50 bits per heavy atom. The van der Waals surface area contributed by atoms with Gasteiger partial charge >= 0.3 is 0 Å². The lowest BCUT2D eigenvalue weighted by molar-refractivity contribution is 0.493. The molecule has 0 fully saturated rings. The van der Waals surface area contributed by atoms with Gasteiger partial charge in [-0.15, -0.1) is 0 Å². The van der Waals surface area contributed by atoms with E-state index >= 15 is 0 Å². The van der Waals surface area contributed by atoms with Crippen LogP contribution in [0.3, 0.4) is 0 Å². The predicted octanol–water partition coefficient (Wildman–Crippen LogP) is 4.56. The van der Waals surface area contributed by atoms with Crippen molar-refractivity contribution in [2.75, 3.05) is 5.32 Å². The summed E-state index contributed by atoms with van der Waals surface area (Å²) in [4.78, 5) is 0. The Morgan fingerprint density at radius 3 is 2.10 bits per heavy atom. The van der Waals surface area contributed by atoms with Crippen LogP contribution in [0.25, 0.3) is 0 Å². The van der Waals surface area contributed by atoms with Gasteiger partial charge in [-0.25, -0.2) is 22.0 Å². The number of halogens is 5. The van der Waals surface area contributed by atoms with Gasteiger partial charge in [-0.3, -0.25) is 0 Å². The highest BCUT2D eigenvalue weighted by Crippen LogP contribution is 2.27. The Balaban J connectivity index is 2.33. The number of anilines is 1. The maximum Gasteiger partial charge on any atom is 0.164 e. The first-order chi connectivity index (χ1) is 9.40. The van der Waals surface area contributed by atoms with Crippen molar-refractivity contribution < 1.29 is 22.0 Å². The van der Waals surface area contributed by atoms with Crippen LogP contribution < -0.4 is 5.32 Å². The molecule has 0 bridgehead atoms. The molecule has 0 radical (unpaired) electrons. The van der Waals surface area contributed by atoms with Crippen molar-refractivity contribution >= 4 is 5.69 Å². The van der Waals surface area contributed by atoms with Crippen molar-refractivity contribution in [1.29, 1.82) is 0 Å². The second kappa shape index (κ2) is 5.48. The SMILES string of the molecule is CC(Nc1c(F)cc(F)cc1F)c1cccc(F)c1F. The minimum absolute atomic E-state index is 0.0897. The summed E-state index contributed by atoms with van der Waals surface area (Å²) in [5.41, 5.74) is -0.685. The molecule has 6 heteroatoms. The third-order valence-corrected chi connectivity index (χ3v) is 2.82. The molecule has 1 N–H and O–H groups in total. The van der Waals surface area contributed by atoms with Gasteiger partial charge in [0, 0.05) is 17.7 Å². The zero-order valence-electron chi connectivity index (χ0n) is 10.4. The van der Waals surface area contributed by atoms with E-state index in [0.29, 0.717) is 12.1 Å². The molecule has 0 heterocycles. The molecule has 0 amide bonds. The second-order valence-corrected chi connectivity index (χ2v) is 4.25. The Bertz CT molecular complexity index is 618. The van der Waals surface area contributed by atoms with Gasteiger partial charge in [-0.2, -0.15) is 0 Å². The smallest absolute Gasteiger partial charge is 0.164 e. The molecule has 2 aromatic carbocycles. The van der Waals surface area contributed by atoms with Crippen molar-refractivity contribution in [3.05, 3.63) is 65.0 Å². The summed E-state index contributed by atoms with van der Waals surface area (Å²) < 4.78 is 66.3. The van der Waals surface area contributed by atoms with Gasteiger partial charge in [0.05, 0.1) is 6.04 Å². The molecule has 0 aliphatic carbocycles. The van der Waals surface area contributed by atoms with E-state index in [4.69, 9.17) is 0 Å². The molecular formula is C14H10F5N. The zero-order chi connectivity index (χ0) is 14.9. The van der Waals surface area contributed by atoms with Crippen LogP contribution in [0.1, 0.15) is 18.5 Å². The number of rotatable bonds is 3. The molecule has 0 aliphatic heterocycles. The van der Waals surface area contributed by atoms with E-state index in [1.54, 1.807) is 0 Å². The van der Waals surface area contributed by atoms with Crippen LogP contribution in [-0.4, -0.2) is 0 Å². The van der Waals surface area contributed by atoms with E-state index in [1.165, 1.54) is 19.1 Å². The summed E-state index contributed by atoms with van der Waals surface area (Å²) in [7, 11) is 0. The Kier molecular flexibility index (Phi) is 3.92. The van der Waals surface area contributed by atoms with E-state index in [0.717, 1.165) is 6.07 Å². The largest absolute Gasteiger partial charge is 0.374 e. The van der Waals surface area contributed by atoms with Crippen LogP contribution in [0, 0.1) is 29.1 Å². The summed E-state index contributed by atoms with van der Waals surface area (Å²) in [6.45, 7) is 1.40. The van der Waals surface area contributed by atoms with E-state index in [1.807, 2.05) is 0 Å². The van der Waals surface area contributed by atoms with Crippen LogP contribution in [0.4, 0.5) is 27.6 Å². The molecule has 1 atom stereocenters. The second-order valence-electron chi connectivity index (χ2n) is 4.25. The number of hydrogen-bond donors (Lipinski definition) is 1. The van der Waals surface area contributed by atoms with Crippen molar-refractivity contribution in [2.45, 2.75) is 13.0 Å². The lowest BCUT2D eigenvalue weighted by atomic mass is 10.1. The van der Waals surface area contributed by atoms with E-state index in [-0.39, 0.29) is 5.56 Å². The Labute approximate surface area is 112 Å². The highest BCUT2D eigenvalue weighted by molar-refractivity contribution is 5.48. The molecule has 0 spiro atoms. The van der Waals surface area contributed by atoms with Crippen LogP contribution in [-0.2, 0) is 0 Å². The zero-order valence-corrected chi connectivity index (χ0v) is 10.4. The van der Waals surface area contributed by atoms with Gasteiger partial charge in [0.2, 0.25) is 0 Å². The van der Waals surface area contributed by atoms with Crippen LogP contribution in [0.15, 0.2) is 30.3 Å². The van der Waals surface area contributed by atoms with Gasteiger partial charge in [0.1, 0.15) is 11.5 Å². The lowest BCUT2D eigenvalue weighted by Gasteiger charge is -2.17. The monoisotopic (exact) mass is 287 g/mol. The maximum absolute atomic E-state index is 13.6. The van der Waals surface area contributed by atoms with Crippen LogP contribution in [0.5, 0.6) is 0 Å². The first-order valence-electron chi connectivity index (χ1n) is 5.75. The molecule has 1 unspecified atom stereocenters. The van der Waals surface area contributed by atoms with E-state index < -0.39 is 40.8 Å². The first kappa shape index (κ1) is 14.3. The molecule has 2 aromatic rings. The average Bonchev–Trinajstić information content (AvgIpc) is 2.36. The van der Waals surface area contributed by atoms with Crippen molar-refractivity contribution in [2.24, 2.45) is 0 Å².